The quantitative estimate of drug-likeness (QED) is 0.580. The Hall–Kier alpha value is -0.610. The molecule has 4 heteroatoms. The third kappa shape index (κ3) is 2.19. The van der Waals surface area contributed by atoms with Gasteiger partial charge in [-0.3, -0.25) is 4.79 Å². The summed E-state index contributed by atoms with van der Waals surface area (Å²) in [5.41, 5.74) is 5.41. The Bertz CT molecular complexity index is 155. The van der Waals surface area contributed by atoms with Gasteiger partial charge in [0.2, 0.25) is 5.91 Å². The van der Waals surface area contributed by atoms with Gasteiger partial charge in [-0.2, -0.15) is 0 Å². The van der Waals surface area contributed by atoms with E-state index in [4.69, 9.17) is 10.8 Å². The van der Waals surface area contributed by atoms with Gasteiger partial charge >= 0.3 is 0 Å². The van der Waals surface area contributed by atoms with Crippen molar-refractivity contribution in [2.45, 2.75) is 25.3 Å². The van der Waals surface area contributed by atoms with Crippen LogP contribution in [0.1, 0.15) is 19.3 Å². The van der Waals surface area contributed by atoms with Crippen LogP contribution in [0.5, 0.6) is 0 Å². The molecule has 1 saturated heterocycles. The number of aliphatic hydroxyl groups is 1. The summed E-state index contributed by atoms with van der Waals surface area (Å²) >= 11 is 0. The fourth-order valence-electron chi connectivity index (χ4n) is 1.43. The Balaban J connectivity index is 2.39. The first-order valence-electron chi connectivity index (χ1n) is 4.41. The summed E-state index contributed by atoms with van der Waals surface area (Å²) in [4.78, 5) is 13.1. The summed E-state index contributed by atoms with van der Waals surface area (Å²) in [6, 6.07) is -0.719. The Labute approximate surface area is 72.3 Å². The number of piperidine rings is 1. The van der Waals surface area contributed by atoms with Crippen molar-refractivity contribution in [1.82, 2.24) is 4.90 Å². The van der Waals surface area contributed by atoms with Crippen molar-refractivity contribution in [2.24, 2.45) is 5.73 Å². The van der Waals surface area contributed by atoms with Gasteiger partial charge in [0, 0.05) is 13.1 Å². The third-order valence-electron chi connectivity index (χ3n) is 2.18. The number of hydrogen-bond acceptors (Lipinski definition) is 3. The molecule has 0 radical (unpaired) electrons. The molecule has 3 N–H and O–H groups in total. The van der Waals surface area contributed by atoms with Crippen LogP contribution in [0.2, 0.25) is 0 Å². The Morgan fingerprint density at radius 3 is 2.50 bits per heavy atom. The van der Waals surface area contributed by atoms with Gasteiger partial charge in [0.15, 0.2) is 0 Å². The van der Waals surface area contributed by atoms with Crippen LogP contribution in [-0.2, 0) is 4.79 Å². The summed E-state index contributed by atoms with van der Waals surface area (Å²) in [5, 5.41) is 8.66. The summed E-state index contributed by atoms with van der Waals surface area (Å²) in [5.74, 6) is -0.114. The van der Waals surface area contributed by atoms with Crippen molar-refractivity contribution in [3.63, 3.8) is 0 Å². The van der Waals surface area contributed by atoms with Gasteiger partial charge in [0.25, 0.3) is 0 Å². The van der Waals surface area contributed by atoms with Gasteiger partial charge in [0.1, 0.15) is 6.04 Å². The van der Waals surface area contributed by atoms with Gasteiger partial charge in [-0.25, -0.2) is 0 Å². The molecule has 0 saturated carbocycles. The molecular formula is C8H16N2O2. The first-order chi connectivity index (χ1) is 5.75. The van der Waals surface area contributed by atoms with E-state index in [2.05, 4.69) is 0 Å². The van der Waals surface area contributed by atoms with Crippen molar-refractivity contribution >= 4 is 5.91 Å². The second-order valence-electron chi connectivity index (χ2n) is 3.18. The molecular weight excluding hydrogens is 156 g/mol. The predicted octanol–water partition coefficient (Wildman–Crippen LogP) is -0.682. The van der Waals surface area contributed by atoms with Crippen molar-refractivity contribution in [3.05, 3.63) is 0 Å². The maximum Gasteiger partial charge on any atom is 0.241 e. The molecule has 0 aromatic carbocycles. The van der Waals surface area contributed by atoms with E-state index in [1.54, 1.807) is 4.90 Å². The average Bonchev–Trinajstić information content (AvgIpc) is 2.17. The van der Waals surface area contributed by atoms with Crippen LogP contribution >= 0.6 is 0 Å². The maximum atomic E-state index is 11.4. The first-order valence-corrected chi connectivity index (χ1v) is 4.41. The molecule has 1 aliphatic heterocycles. The zero-order chi connectivity index (χ0) is 8.97. The van der Waals surface area contributed by atoms with Gasteiger partial charge in [0.05, 0.1) is 6.61 Å². The number of carbonyl (C=O) groups excluding carboxylic acids is 1. The van der Waals surface area contributed by atoms with Gasteiger partial charge in [-0.15, -0.1) is 0 Å². The largest absolute Gasteiger partial charge is 0.394 e. The number of nitrogens with two attached hydrogens (primary N) is 1. The van der Waals surface area contributed by atoms with Crippen molar-refractivity contribution in [3.8, 4) is 0 Å². The molecule has 1 amide bonds. The number of likely N-dealkylation sites (tertiary alicyclic amines) is 1. The highest BCUT2D eigenvalue weighted by Gasteiger charge is 2.21. The normalized spacial score (nSPS) is 20.7. The van der Waals surface area contributed by atoms with Crippen LogP contribution in [-0.4, -0.2) is 41.7 Å². The van der Waals surface area contributed by atoms with E-state index in [0.29, 0.717) is 0 Å². The molecule has 0 aromatic heterocycles. The topological polar surface area (TPSA) is 66.6 Å². The molecule has 1 fully saturated rings. The number of amides is 1. The first kappa shape index (κ1) is 9.48. The van der Waals surface area contributed by atoms with Crippen LogP contribution < -0.4 is 5.73 Å². The Morgan fingerprint density at radius 1 is 1.42 bits per heavy atom. The van der Waals surface area contributed by atoms with Crippen LogP contribution in [0, 0.1) is 0 Å². The lowest BCUT2D eigenvalue weighted by Gasteiger charge is -2.28. The number of carbonyl (C=O) groups is 1. The summed E-state index contributed by atoms with van der Waals surface area (Å²) in [6.07, 6.45) is 3.31. The molecule has 0 bridgehead atoms. The van der Waals surface area contributed by atoms with Gasteiger partial charge in [-0.05, 0) is 19.3 Å². The molecule has 1 aliphatic rings. The Kier molecular flexibility index (Phi) is 3.49. The van der Waals surface area contributed by atoms with Crippen LogP contribution in [0.4, 0.5) is 0 Å². The molecule has 0 spiro atoms. The second kappa shape index (κ2) is 4.42. The second-order valence-corrected chi connectivity index (χ2v) is 3.18. The number of rotatable bonds is 2. The summed E-state index contributed by atoms with van der Waals surface area (Å²) < 4.78 is 0. The standard InChI is InChI=1S/C8H16N2O2/c9-7(6-11)8(12)10-4-2-1-3-5-10/h7,11H,1-6,9H2/t7-/m0/s1. The molecule has 0 unspecified atom stereocenters. The van der Waals surface area contributed by atoms with E-state index in [-0.39, 0.29) is 12.5 Å². The molecule has 70 valence electrons. The molecule has 12 heavy (non-hydrogen) atoms. The molecule has 0 aromatic rings. The van der Waals surface area contributed by atoms with E-state index >= 15 is 0 Å². The lowest BCUT2D eigenvalue weighted by Crippen LogP contribution is -2.47. The van der Waals surface area contributed by atoms with Gasteiger partial charge in [-0.1, -0.05) is 0 Å². The number of hydrogen-bond donors (Lipinski definition) is 2. The van der Waals surface area contributed by atoms with E-state index in [9.17, 15) is 4.79 Å². The zero-order valence-corrected chi connectivity index (χ0v) is 7.20. The minimum absolute atomic E-state index is 0.114. The lowest BCUT2D eigenvalue weighted by molar-refractivity contribution is -0.134. The Morgan fingerprint density at radius 2 is 2.00 bits per heavy atom. The SMILES string of the molecule is N[C@@H](CO)C(=O)N1CCCCC1. The average molecular weight is 172 g/mol. The minimum atomic E-state index is -0.719. The third-order valence-corrected chi connectivity index (χ3v) is 2.18. The van der Waals surface area contributed by atoms with Crippen LogP contribution in [0.25, 0.3) is 0 Å². The van der Waals surface area contributed by atoms with Crippen molar-refractivity contribution < 1.29 is 9.90 Å². The lowest BCUT2D eigenvalue weighted by atomic mass is 10.1. The van der Waals surface area contributed by atoms with Crippen LogP contribution in [0.3, 0.4) is 0 Å². The highest BCUT2D eigenvalue weighted by molar-refractivity contribution is 5.81. The van der Waals surface area contributed by atoms with E-state index in [1.165, 1.54) is 6.42 Å². The molecule has 0 aliphatic carbocycles. The van der Waals surface area contributed by atoms with Gasteiger partial charge < -0.3 is 15.7 Å². The maximum absolute atomic E-state index is 11.4. The smallest absolute Gasteiger partial charge is 0.241 e. The predicted molar refractivity (Wildman–Crippen MR) is 45.5 cm³/mol. The number of aliphatic hydroxyl groups excluding tert-OH is 1. The monoisotopic (exact) mass is 172 g/mol. The van der Waals surface area contributed by atoms with Crippen molar-refractivity contribution in [1.29, 1.82) is 0 Å². The minimum Gasteiger partial charge on any atom is -0.394 e. The molecule has 1 rings (SSSR count). The molecule has 4 nitrogen and oxygen atoms in total. The van der Waals surface area contributed by atoms with Crippen LogP contribution in [0.15, 0.2) is 0 Å². The summed E-state index contributed by atoms with van der Waals surface area (Å²) in [6.45, 7) is 1.34. The fraction of sp³-hybridized carbons (Fsp3) is 0.875. The molecule has 1 atom stereocenters. The fourth-order valence-corrected chi connectivity index (χ4v) is 1.43. The zero-order valence-electron chi connectivity index (χ0n) is 7.20. The van der Waals surface area contributed by atoms with E-state index < -0.39 is 6.04 Å². The van der Waals surface area contributed by atoms with E-state index in [1.807, 2.05) is 0 Å². The van der Waals surface area contributed by atoms with E-state index in [0.717, 1.165) is 25.9 Å². The highest BCUT2D eigenvalue weighted by Crippen LogP contribution is 2.09. The number of nitrogens with zero attached hydrogens (tertiary/aromatic N) is 1. The molecule has 1 heterocycles. The summed E-state index contributed by atoms with van der Waals surface area (Å²) in [7, 11) is 0. The van der Waals surface area contributed by atoms with Crippen molar-refractivity contribution in [2.75, 3.05) is 19.7 Å². The highest BCUT2D eigenvalue weighted by atomic mass is 16.3.